The lowest BCUT2D eigenvalue weighted by atomic mass is 10.2. The fourth-order valence-electron chi connectivity index (χ4n) is 1.94. The number of aliphatic imine (C=N–C) groups is 1. The van der Waals surface area contributed by atoms with Gasteiger partial charge in [-0.15, -0.1) is 24.0 Å². The molecule has 0 amide bonds. The van der Waals surface area contributed by atoms with Crippen molar-refractivity contribution in [1.29, 1.82) is 0 Å². The summed E-state index contributed by atoms with van der Waals surface area (Å²) in [5.41, 5.74) is 6.75. The summed E-state index contributed by atoms with van der Waals surface area (Å²) in [6.07, 6.45) is 2.35. The third kappa shape index (κ3) is 4.43. The molecule has 1 unspecified atom stereocenters. The van der Waals surface area contributed by atoms with Crippen LogP contribution in [0.25, 0.3) is 11.4 Å². The third-order valence-electron chi connectivity index (χ3n) is 3.36. The third-order valence-corrected chi connectivity index (χ3v) is 3.36. The second-order valence-electron chi connectivity index (χ2n) is 5.37. The van der Waals surface area contributed by atoms with Crippen LogP contribution >= 0.6 is 24.0 Å². The second kappa shape index (κ2) is 7.57. The normalized spacial score (nSPS) is 16.0. The predicted molar refractivity (Wildman–Crippen MR) is 96.2 cm³/mol. The zero-order valence-electron chi connectivity index (χ0n) is 12.4. The van der Waals surface area contributed by atoms with Crippen LogP contribution in [0.5, 0.6) is 0 Å². The molecule has 3 rings (SSSR count). The number of nitrogens with zero attached hydrogens (tertiary/aromatic N) is 3. The maximum absolute atomic E-state index is 5.81. The number of rotatable bonds is 5. The number of halogens is 1. The largest absolute Gasteiger partial charge is 0.370 e. The molecule has 1 aromatic carbocycles. The molecule has 6 nitrogen and oxygen atoms in total. The van der Waals surface area contributed by atoms with Crippen molar-refractivity contribution in [3.05, 3.63) is 36.2 Å². The second-order valence-corrected chi connectivity index (χ2v) is 5.37. The molecule has 0 saturated heterocycles. The van der Waals surface area contributed by atoms with Crippen molar-refractivity contribution >= 4 is 29.9 Å². The number of nitrogens with one attached hydrogen (secondary N) is 1. The Bertz CT molecular complexity index is 624. The van der Waals surface area contributed by atoms with E-state index in [2.05, 4.69) is 20.4 Å². The molecule has 0 radical (unpaired) electrons. The highest BCUT2D eigenvalue weighted by Gasteiger charge is 2.21. The zero-order chi connectivity index (χ0) is 14.7. The van der Waals surface area contributed by atoms with E-state index in [1.165, 1.54) is 12.8 Å². The first-order chi connectivity index (χ1) is 10.2. The van der Waals surface area contributed by atoms with E-state index in [1.54, 1.807) is 0 Å². The average Bonchev–Trinajstić information content (AvgIpc) is 3.18. The monoisotopic (exact) mass is 413 g/mol. The SMILES string of the molecule is CC(CN=C(N)NC1CC1)c1nc(-c2ccccc2)no1.I. The van der Waals surface area contributed by atoms with Crippen LogP contribution < -0.4 is 11.1 Å². The average molecular weight is 413 g/mol. The van der Waals surface area contributed by atoms with Gasteiger partial charge in [0.05, 0.1) is 12.5 Å². The maximum atomic E-state index is 5.81. The van der Waals surface area contributed by atoms with Crippen molar-refractivity contribution in [3.63, 3.8) is 0 Å². The molecule has 22 heavy (non-hydrogen) atoms. The minimum absolute atomic E-state index is 0. The number of nitrogens with two attached hydrogens (primary N) is 1. The highest BCUT2D eigenvalue weighted by molar-refractivity contribution is 14.0. The molecule has 1 heterocycles. The molecule has 7 heteroatoms. The molecule has 2 aromatic rings. The maximum Gasteiger partial charge on any atom is 0.231 e. The summed E-state index contributed by atoms with van der Waals surface area (Å²) in [6.45, 7) is 2.53. The van der Waals surface area contributed by atoms with Gasteiger partial charge >= 0.3 is 0 Å². The summed E-state index contributed by atoms with van der Waals surface area (Å²) in [5, 5.41) is 7.16. The number of benzene rings is 1. The van der Waals surface area contributed by atoms with Gasteiger partial charge < -0.3 is 15.6 Å². The highest BCUT2D eigenvalue weighted by Crippen LogP contribution is 2.20. The molecule has 1 aliphatic rings. The minimum Gasteiger partial charge on any atom is -0.370 e. The van der Waals surface area contributed by atoms with Crippen LogP contribution in [0.3, 0.4) is 0 Å². The molecule has 0 spiro atoms. The van der Waals surface area contributed by atoms with Crippen LogP contribution in [0, 0.1) is 0 Å². The molecule has 1 atom stereocenters. The Morgan fingerprint density at radius 2 is 2.14 bits per heavy atom. The summed E-state index contributed by atoms with van der Waals surface area (Å²) in [4.78, 5) is 8.74. The van der Waals surface area contributed by atoms with Crippen molar-refractivity contribution in [2.75, 3.05) is 6.54 Å². The minimum atomic E-state index is 0. The van der Waals surface area contributed by atoms with Crippen molar-refractivity contribution in [2.45, 2.75) is 31.7 Å². The number of guanidine groups is 1. The highest BCUT2D eigenvalue weighted by atomic mass is 127. The first kappa shape index (κ1) is 16.7. The van der Waals surface area contributed by atoms with Crippen molar-refractivity contribution in [3.8, 4) is 11.4 Å². The van der Waals surface area contributed by atoms with Gasteiger partial charge in [0, 0.05) is 11.6 Å². The van der Waals surface area contributed by atoms with Crippen LogP contribution in [-0.4, -0.2) is 28.7 Å². The van der Waals surface area contributed by atoms with E-state index in [1.807, 2.05) is 37.3 Å². The Labute approximate surface area is 146 Å². The van der Waals surface area contributed by atoms with Gasteiger partial charge in [0.15, 0.2) is 5.96 Å². The number of hydrogen-bond donors (Lipinski definition) is 2. The van der Waals surface area contributed by atoms with Crippen LogP contribution in [0.1, 0.15) is 31.6 Å². The summed E-state index contributed by atoms with van der Waals surface area (Å²) in [6, 6.07) is 10.3. The van der Waals surface area contributed by atoms with E-state index < -0.39 is 0 Å². The molecule has 0 aliphatic heterocycles. The topological polar surface area (TPSA) is 89.3 Å². The van der Waals surface area contributed by atoms with E-state index in [4.69, 9.17) is 10.3 Å². The lowest BCUT2D eigenvalue weighted by Crippen LogP contribution is -2.33. The van der Waals surface area contributed by atoms with E-state index in [0.717, 1.165) is 5.56 Å². The first-order valence-corrected chi connectivity index (χ1v) is 7.18. The van der Waals surface area contributed by atoms with Gasteiger partial charge in [-0.1, -0.05) is 42.4 Å². The standard InChI is InChI=1S/C15H19N5O.HI/c1-10(9-17-15(16)18-12-7-8-12)14-19-13(20-21-14)11-5-3-2-4-6-11;/h2-6,10,12H,7-9H2,1H3,(H3,16,17,18);1H. The van der Waals surface area contributed by atoms with Gasteiger partial charge in [-0.25, -0.2) is 0 Å². The Morgan fingerprint density at radius 1 is 1.41 bits per heavy atom. The summed E-state index contributed by atoms with van der Waals surface area (Å²) in [7, 11) is 0. The van der Waals surface area contributed by atoms with Gasteiger partial charge in [0.25, 0.3) is 0 Å². The van der Waals surface area contributed by atoms with Crippen LogP contribution in [0.2, 0.25) is 0 Å². The number of hydrogen-bond acceptors (Lipinski definition) is 4. The van der Waals surface area contributed by atoms with E-state index in [0.29, 0.717) is 30.3 Å². The molecule has 1 aromatic heterocycles. The van der Waals surface area contributed by atoms with Crippen LogP contribution in [0.4, 0.5) is 0 Å². The van der Waals surface area contributed by atoms with E-state index >= 15 is 0 Å². The first-order valence-electron chi connectivity index (χ1n) is 7.18. The van der Waals surface area contributed by atoms with Gasteiger partial charge in [-0.2, -0.15) is 4.98 Å². The van der Waals surface area contributed by atoms with E-state index in [-0.39, 0.29) is 29.9 Å². The van der Waals surface area contributed by atoms with Crippen LogP contribution in [0.15, 0.2) is 39.8 Å². The fourth-order valence-corrected chi connectivity index (χ4v) is 1.94. The lowest BCUT2D eigenvalue weighted by molar-refractivity contribution is 0.361. The fraction of sp³-hybridized carbons (Fsp3) is 0.400. The Kier molecular flexibility index (Phi) is 5.76. The molecule has 118 valence electrons. The molecule has 3 N–H and O–H groups in total. The van der Waals surface area contributed by atoms with Crippen molar-refractivity contribution < 1.29 is 4.52 Å². The Morgan fingerprint density at radius 3 is 2.82 bits per heavy atom. The molecule has 1 saturated carbocycles. The van der Waals surface area contributed by atoms with Gasteiger partial charge in [-0.05, 0) is 12.8 Å². The summed E-state index contributed by atoms with van der Waals surface area (Å²) in [5.74, 6) is 1.71. The summed E-state index contributed by atoms with van der Waals surface area (Å²) >= 11 is 0. The van der Waals surface area contributed by atoms with Gasteiger partial charge in [0.2, 0.25) is 11.7 Å². The molecule has 0 bridgehead atoms. The molecular formula is C15H20IN5O. The molecular weight excluding hydrogens is 393 g/mol. The van der Waals surface area contributed by atoms with Crippen LogP contribution in [-0.2, 0) is 0 Å². The molecule has 1 aliphatic carbocycles. The smallest absolute Gasteiger partial charge is 0.231 e. The van der Waals surface area contributed by atoms with E-state index in [9.17, 15) is 0 Å². The van der Waals surface area contributed by atoms with Crippen molar-refractivity contribution in [2.24, 2.45) is 10.7 Å². The van der Waals surface area contributed by atoms with Gasteiger partial charge in [0.1, 0.15) is 0 Å². The lowest BCUT2D eigenvalue weighted by Gasteiger charge is -2.05. The Balaban J connectivity index is 0.00000176. The zero-order valence-corrected chi connectivity index (χ0v) is 14.7. The van der Waals surface area contributed by atoms with Crippen molar-refractivity contribution in [1.82, 2.24) is 15.5 Å². The molecule has 1 fully saturated rings. The Hall–Kier alpha value is -1.64. The predicted octanol–water partition coefficient (Wildman–Crippen LogP) is 2.52. The number of aromatic nitrogens is 2. The quantitative estimate of drug-likeness (QED) is 0.447. The summed E-state index contributed by atoms with van der Waals surface area (Å²) < 4.78 is 5.31. The van der Waals surface area contributed by atoms with Gasteiger partial charge in [-0.3, -0.25) is 4.99 Å².